The van der Waals surface area contributed by atoms with Crippen LogP contribution >= 0.6 is 15.9 Å². The van der Waals surface area contributed by atoms with Crippen LogP contribution < -0.4 is 0 Å². The van der Waals surface area contributed by atoms with E-state index in [1.54, 1.807) is 0 Å². The molecule has 0 aromatic carbocycles. The monoisotopic (exact) mass is 331 g/mol. The molecule has 0 aromatic heterocycles. The molecule has 19 heavy (non-hydrogen) atoms. The fraction of sp³-hybridized carbons (Fsp3) is 0.933. The lowest BCUT2D eigenvalue weighted by molar-refractivity contribution is 0.00486. The first-order valence-corrected chi connectivity index (χ1v) is 8.33. The molecule has 0 atom stereocenters. The molecule has 2 aliphatic rings. The van der Waals surface area contributed by atoms with Gasteiger partial charge in [-0.1, -0.05) is 15.9 Å². The first-order valence-electron chi connectivity index (χ1n) is 7.42. The molecule has 0 unspecified atom stereocenters. The minimum Gasteiger partial charge on any atom is -0.444 e. The number of amides is 1. The summed E-state index contributed by atoms with van der Waals surface area (Å²) in [6, 6.07) is 0. The number of carbonyl (C=O) groups is 1. The van der Waals surface area contributed by atoms with Crippen LogP contribution in [0.3, 0.4) is 0 Å². The zero-order valence-corrected chi connectivity index (χ0v) is 14.0. The Hall–Kier alpha value is -0.250. The van der Waals surface area contributed by atoms with Crippen LogP contribution in [0.2, 0.25) is 0 Å². The molecule has 0 aromatic rings. The maximum Gasteiger partial charge on any atom is 0.410 e. The maximum atomic E-state index is 12.0. The van der Waals surface area contributed by atoms with Crippen molar-refractivity contribution >= 4 is 22.0 Å². The van der Waals surface area contributed by atoms with Crippen LogP contribution in [0.5, 0.6) is 0 Å². The number of rotatable bonds is 0. The average Bonchev–Trinajstić information content (AvgIpc) is 2.32. The Bertz CT molecular complexity index is 320. The normalized spacial score (nSPS) is 24.5. The van der Waals surface area contributed by atoms with Crippen molar-refractivity contribution in [2.24, 2.45) is 5.41 Å². The number of hydrogen-bond acceptors (Lipinski definition) is 2. The van der Waals surface area contributed by atoms with Crippen molar-refractivity contribution in [2.45, 2.75) is 69.7 Å². The number of nitrogens with zero attached hydrogens (tertiary/aromatic N) is 1. The molecular formula is C15H26BrNO2. The molecule has 1 aliphatic heterocycles. The minimum absolute atomic E-state index is 0.142. The molecule has 2 rings (SSSR count). The summed E-state index contributed by atoms with van der Waals surface area (Å²) in [6.45, 7) is 7.50. The topological polar surface area (TPSA) is 29.5 Å². The Kier molecular flexibility index (Phi) is 4.49. The third kappa shape index (κ3) is 4.11. The van der Waals surface area contributed by atoms with E-state index in [0.717, 1.165) is 25.9 Å². The zero-order valence-electron chi connectivity index (χ0n) is 12.4. The average molecular weight is 332 g/mol. The van der Waals surface area contributed by atoms with E-state index in [4.69, 9.17) is 4.74 Å². The summed E-state index contributed by atoms with van der Waals surface area (Å²) in [5.74, 6) is 0. The Morgan fingerprint density at radius 3 is 2.16 bits per heavy atom. The van der Waals surface area contributed by atoms with E-state index < -0.39 is 0 Å². The lowest BCUT2D eigenvalue weighted by Gasteiger charge is -2.45. The van der Waals surface area contributed by atoms with Gasteiger partial charge >= 0.3 is 6.09 Å². The van der Waals surface area contributed by atoms with E-state index in [0.29, 0.717) is 10.2 Å². The summed E-state index contributed by atoms with van der Waals surface area (Å²) < 4.78 is 5.45. The van der Waals surface area contributed by atoms with Crippen LogP contribution in [-0.4, -0.2) is 34.5 Å². The highest BCUT2D eigenvalue weighted by Crippen LogP contribution is 2.46. The molecule has 1 saturated heterocycles. The number of alkyl halides is 1. The molecule has 110 valence electrons. The van der Waals surface area contributed by atoms with Crippen molar-refractivity contribution in [3.63, 3.8) is 0 Å². The third-order valence-electron chi connectivity index (χ3n) is 4.45. The van der Waals surface area contributed by atoms with Gasteiger partial charge in [0.1, 0.15) is 5.60 Å². The van der Waals surface area contributed by atoms with Gasteiger partial charge in [0.25, 0.3) is 0 Å². The van der Waals surface area contributed by atoms with Gasteiger partial charge in [0.15, 0.2) is 0 Å². The van der Waals surface area contributed by atoms with Crippen molar-refractivity contribution in [2.75, 3.05) is 13.1 Å². The van der Waals surface area contributed by atoms with Crippen LogP contribution in [0.15, 0.2) is 0 Å². The van der Waals surface area contributed by atoms with Crippen LogP contribution in [0, 0.1) is 5.41 Å². The SMILES string of the molecule is CC(C)(C)OC(=O)N1CCC2(CCC(Br)CC2)CC1. The summed E-state index contributed by atoms with van der Waals surface area (Å²) in [7, 11) is 0. The van der Waals surface area contributed by atoms with E-state index in [1.807, 2.05) is 25.7 Å². The van der Waals surface area contributed by atoms with Crippen LogP contribution in [0.25, 0.3) is 0 Å². The van der Waals surface area contributed by atoms with E-state index in [2.05, 4.69) is 15.9 Å². The molecule has 0 bridgehead atoms. The molecule has 1 spiro atoms. The van der Waals surface area contributed by atoms with Gasteiger partial charge in [-0.3, -0.25) is 0 Å². The fourth-order valence-electron chi connectivity index (χ4n) is 3.19. The molecule has 0 radical (unpaired) electrons. The lowest BCUT2D eigenvalue weighted by atomic mass is 9.68. The molecular weight excluding hydrogens is 306 g/mol. The second-order valence-corrected chi connectivity index (χ2v) is 8.44. The third-order valence-corrected chi connectivity index (χ3v) is 5.37. The van der Waals surface area contributed by atoms with Crippen molar-refractivity contribution in [1.29, 1.82) is 0 Å². The van der Waals surface area contributed by atoms with Gasteiger partial charge in [0.2, 0.25) is 0 Å². The predicted molar refractivity (Wildman–Crippen MR) is 80.7 cm³/mol. The van der Waals surface area contributed by atoms with Crippen LogP contribution in [0.1, 0.15) is 59.3 Å². The van der Waals surface area contributed by atoms with E-state index in [9.17, 15) is 4.79 Å². The second-order valence-electron chi connectivity index (χ2n) is 7.14. The molecule has 1 amide bonds. The predicted octanol–water partition coefficient (Wildman–Crippen LogP) is 4.34. The van der Waals surface area contributed by atoms with E-state index >= 15 is 0 Å². The Morgan fingerprint density at radius 1 is 1.16 bits per heavy atom. The Balaban J connectivity index is 1.84. The highest BCUT2D eigenvalue weighted by atomic mass is 79.9. The molecule has 0 N–H and O–H groups in total. The standard InChI is InChI=1S/C15H26BrNO2/c1-14(2,3)19-13(18)17-10-8-15(9-11-17)6-4-12(16)5-7-15/h12H,4-11H2,1-3H3. The van der Waals surface area contributed by atoms with Gasteiger partial charge in [-0.25, -0.2) is 4.79 Å². The fourth-order valence-corrected chi connectivity index (χ4v) is 3.64. The van der Waals surface area contributed by atoms with Crippen LogP contribution in [0.4, 0.5) is 4.79 Å². The van der Waals surface area contributed by atoms with Crippen LogP contribution in [-0.2, 0) is 4.74 Å². The van der Waals surface area contributed by atoms with Crippen molar-refractivity contribution < 1.29 is 9.53 Å². The summed E-state index contributed by atoms with van der Waals surface area (Å²) in [5.41, 5.74) is 0.114. The summed E-state index contributed by atoms with van der Waals surface area (Å²) in [6.07, 6.45) is 7.34. The Labute approximate surface area is 125 Å². The number of likely N-dealkylation sites (tertiary alicyclic amines) is 1. The minimum atomic E-state index is -0.389. The molecule has 3 nitrogen and oxygen atoms in total. The number of piperidine rings is 1. The number of ether oxygens (including phenoxy) is 1. The molecule has 2 fully saturated rings. The van der Waals surface area contributed by atoms with Gasteiger partial charge in [-0.2, -0.15) is 0 Å². The number of hydrogen-bond donors (Lipinski definition) is 0. The number of halogens is 1. The van der Waals surface area contributed by atoms with Crippen molar-refractivity contribution in [1.82, 2.24) is 4.90 Å². The Morgan fingerprint density at radius 2 is 1.68 bits per heavy atom. The first-order chi connectivity index (χ1) is 8.80. The van der Waals surface area contributed by atoms with Gasteiger partial charge in [0, 0.05) is 17.9 Å². The first kappa shape index (κ1) is 15.1. The molecule has 1 heterocycles. The second kappa shape index (κ2) is 5.63. The summed E-state index contributed by atoms with van der Waals surface area (Å²) in [4.78, 5) is 14.6. The van der Waals surface area contributed by atoms with Gasteiger partial charge in [-0.05, 0) is 64.7 Å². The smallest absolute Gasteiger partial charge is 0.410 e. The molecule has 1 aliphatic carbocycles. The lowest BCUT2D eigenvalue weighted by Crippen LogP contribution is -2.46. The van der Waals surface area contributed by atoms with Gasteiger partial charge in [-0.15, -0.1) is 0 Å². The van der Waals surface area contributed by atoms with Crippen molar-refractivity contribution in [3.05, 3.63) is 0 Å². The maximum absolute atomic E-state index is 12.0. The quantitative estimate of drug-likeness (QED) is 0.618. The van der Waals surface area contributed by atoms with Gasteiger partial charge < -0.3 is 9.64 Å². The zero-order chi connectivity index (χ0) is 14.1. The van der Waals surface area contributed by atoms with E-state index in [1.165, 1.54) is 25.7 Å². The van der Waals surface area contributed by atoms with Crippen molar-refractivity contribution in [3.8, 4) is 0 Å². The summed E-state index contributed by atoms with van der Waals surface area (Å²) >= 11 is 3.72. The largest absolute Gasteiger partial charge is 0.444 e. The number of carbonyl (C=O) groups excluding carboxylic acids is 1. The van der Waals surface area contributed by atoms with E-state index in [-0.39, 0.29) is 11.7 Å². The molecule has 4 heteroatoms. The van der Waals surface area contributed by atoms with Gasteiger partial charge in [0.05, 0.1) is 0 Å². The molecule has 1 saturated carbocycles. The highest BCUT2D eigenvalue weighted by molar-refractivity contribution is 9.09. The highest BCUT2D eigenvalue weighted by Gasteiger charge is 2.39. The summed E-state index contributed by atoms with van der Waals surface area (Å²) in [5, 5.41) is 0.